The Labute approximate surface area is 214 Å². The molecule has 190 valence electrons. The van der Waals surface area contributed by atoms with Crippen molar-refractivity contribution >= 4 is 23.2 Å². The second kappa shape index (κ2) is 11.0. The van der Waals surface area contributed by atoms with E-state index < -0.39 is 0 Å². The smallest absolute Gasteiger partial charge is 0.272 e. The van der Waals surface area contributed by atoms with Gasteiger partial charge in [-0.05, 0) is 93.3 Å². The number of amides is 1. The first-order chi connectivity index (χ1) is 17.2. The standard InChI is InChI=1S/C29H38N6O/c1-6-23-15-31-29(33-24-12-19(3)11-20(4)13-24)34-27(23)14-18(2)7-8-22-16-35(17-22)28(36)26-10-9-25(30)21(5)32-26/h9-13,15,22,27H,2,6-8,14,16-17,30H2,1,3-5H3,(H2,31,33,34). The number of pyridine rings is 1. The third-order valence-electron chi connectivity index (χ3n) is 6.98. The summed E-state index contributed by atoms with van der Waals surface area (Å²) >= 11 is 0. The molecule has 1 atom stereocenters. The topological polar surface area (TPSA) is 95.6 Å². The van der Waals surface area contributed by atoms with Gasteiger partial charge >= 0.3 is 0 Å². The van der Waals surface area contributed by atoms with Crippen LogP contribution in [0.3, 0.4) is 0 Å². The Bertz CT molecular complexity index is 1190. The lowest BCUT2D eigenvalue weighted by Crippen LogP contribution is -2.50. The maximum Gasteiger partial charge on any atom is 0.272 e. The predicted molar refractivity (Wildman–Crippen MR) is 148 cm³/mol. The number of nitrogens with two attached hydrogens (primary N) is 1. The van der Waals surface area contributed by atoms with Crippen molar-refractivity contribution in [2.45, 2.75) is 59.4 Å². The third-order valence-corrected chi connectivity index (χ3v) is 6.98. The van der Waals surface area contributed by atoms with Crippen LogP contribution in [-0.2, 0) is 0 Å². The summed E-state index contributed by atoms with van der Waals surface area (Å²) in [4.78, 5) is 23.8. The van der Waals surface area contributed by atoms with Crippen LogP contribution in [0.4, 0.5) is 11.4 Å². The van der Waals surface area contributed by atoms with Crippen LogP contribution in [0.15, 0.2) is 59.2 Å². The molecule has 0 bridgehead atoms. The van der Waals surface area contributed by atoms with Gasteiger partial charge in [-0.25, -0.2) is 9.98 Å². The van der Waals surface area contributed by atoms with Gasteiger partial charge in [0.1, 0.15) is 5.69 Å². The first-order valence-corrected chi connectivity index (χ1v) is 12.8. The highest BCUT2D eigenvalue weighted by Gasteiger charge is 2.31. The number of hydrogen-bond donors (Lipinski definition) is 3. The summed E-state index contributed by atoms with van der Waals surface area (Å²) in [6.07, 6.45) is 5.85. The molecule has 7 nitrogen and oxygen atoms in total. The maximum atomic E-state index is 12.7. The monoisotopic (exact) mass is 486 g/mol. The molecule has 7 heteroatoms. The molecule has 4 rings (SSSR count). The predicted octanol–water partition coefficient (Wildman–Crippen LogP) is 5.12. The number of nitrogens with one attached hydrogen (secondary N) is 2. The number of aliphatic imine (C=N–C) groups is 1. The Morgan fingerprint density at radius 3 is 2.58 bits per heavy atom. The lowest BCUT2D eigenvalue weighted by Gasteiger charge is -2.39. The summed E-state index contributed by atoms with van der Waals surface area (Å²) in [5.41, 5.74) is 13.6. The number of likely N-dealkylation sites (tertiary alicyclic amines) is 1. The number of nitrogens with zero attached hydrogens (tertiary/aromatic N) is 3. The van der Waals surface area contributed by atoms with Gasteiger partial charge in [-0.15, -0.1) is 0 Å². The Balaban J connectivity index is 1.27. The number of guanidine groups is 1. The van der Waals surface area contributed by atoms with Gasteiger partial charge in [0.15, 0.2) is 5.96 Å². The average molecular weight is 487 g/mol. The van der Waals surface area contributed by atoms with Crippen molar-refractivity contribution in [2.24, 2.45) is 10.9 Å². The van der Waals surface area contributed by atoms with Crippen LogP contribution >= 0.6 is 0 Å². The molecule has 1 aromatic heterocycles. The van der Waals surface area contributed by atoms with E-state index in [0.717, 1.165) is 50.4 Å². The first kappa shape index (κ1) is 25.5. The van der Waals surface area contributed by atoms with Crippen LogP contribution in [0, 0.1) is 26.7 Å². The lowest BCUT2D eigenvalue weighted by atomic mass is 9.89. The van der Waals surface area contributed by atoms with E-state index >= 15 is 0 Å². The molecule has 1 saturated heterocycles. The highest BCUT2D eigenvalue weighted by Crippen LogP contribution is 2.28. The van der Waals surface area contributed by atoms with E-state index in [4.69, 9.17) is 10.7 Å². The fourth-order valence-electron chi connectivity index (χ4n) is 4.85. The van der Waals surface area contributed by atoms with Crippen molar-refractivity contribution in [3.8, 4) is 0 Å². The minimum Gasteiger partial charge on any atom is -0.397 e. The zero-order chi connectivity index (χ0) is 25.8. The number of aromatic nitrogens is 1. The Morgan fingerprint density at radius 1 is 1.19 bits per heavy atom. The minimum atomic E-state index is -0.0150. The quantitative estimate of drug-likeness (QED) is 0.450. The summed E-state index contributed by atoms with van der Waals surface area (Å²) in [6.45, 7) is 14.1. The molecule has 1 fully saturated rings. The zero-order valence-corrected chi connectivity index (χ0v) is 21.9. The summed E-state index contributed by atoms with van der Waals surface area (Å²) in [5.74, 6) is 1.26. The number of nitrogen functional groups attached to an aromatic ring is 1. The fourth-order valence-corrected chi connectivity index (χ4v) is 4.85. The molecule has 0 saturated carbocycles. The van der Waals surface area contributed by atoms with Gasteiger partial charge in [-0.2, -0.15) is 0 Å². The molecule has 2 aromatic rings. The molecule has 0 aliphatic carbocycles. The van der Waals surface area contributed by atoms with Gasteiger partial charge in [0.25, 0.3) is 5.91 Å². The number of benzene rings is 1. The van der Waals surface area contributed by atoms with Crippen LogP contribution in [-0.4, -0.2) is 40.9 Å². The van der Waals surface area contributed by atoms with Crippen molar-refractivity contribution in [1.29, 1.82) is 0 Å². The van der Waals surface area contributed by atoms with E-state index in [2.05, 4.69) is 67.4 Å². The molecule has 1 aromatic carbocycles. The molecule has 3 heterocycles. The Hall–Kier alpha value is -3.61. The highest BCUT2D eigenvalue weighted by molar-refractivity contribution is 5.95. The van der Waals surface area contributed by atoms with Crippen molar-refractivity contribution in [3.05, 3.63) is 76.8 Å². The largest absolute Gasteiger partial charge is 0.397 e. The molecule has 1 unspecified atom stereocenters. The number of aryl methyl sites for hydroxylation is 3. The van der Waals surface area contributed by atoms with Gasteiger partial charge in [0.2, 0.25) is 0 Å². The molecule has 2 aliphatic heterocycles. The molecular formula is C29H38N6O. The van der Waals surface area contributed by atoms with Crippen LogP contribution in [0.1, 0.15) is 59.9 Å². The number of hydrogen-bond acceptors (Lipinski definition) is 6. The molecule has 0 radical (unpaired) electrons. The summed E-state index contributed by atoms with van der Waals surface area (Å²) < 4.78 is 0. The third kappa shape index (κ3) is 6.14. The van der Waals surface area contributed by atoms with Gasteiger partial charge in [-0.3, -0.25) is 4.79 Å². The van der Waals surface area contributed by atoms with Gasteiger partial charge in [0, 0.05) is 25.0 Å². The van der Waals surface area contributed by atoms with E-state index in [-0.39, 0.29) is 11.9 Å². The number of carbonyl (C=O) groups is 1. The van der Waals surface area contributed by atoms with Gasteiger partial charge < -0.3 is 21.3 Å². The summed E-state index contributed by atoms with van der Waals surface area (Å²) in [6, 6.07) is 9.97. The van der Waals surface area contributed by atoms with E-state index in [1.807, 2.05) is 11.8 Å². The highest BCUT2D eigenvalue weighted by atomic mass is 16.2. The van der Waals surface area contributed by atoms with E-state index in [1.54, 1.807) is 12.1 Å². The van der Waals surface area contributed by atoms with Crippen LogP contribution in [0.5, 0.6) is 0 Å². The molecule has 1 amide bonds. The van der Waals surface area contributed by atoms with Gasteiger partial charge in [0.05, 0.1) is 17.4 Å². The first-order valence-electron chi connectivity index (χ1n) is 12.8. The second-order valence-electron chi connectivity index (χ2n) is 10.2. The molecule has 4 N–H and O–H groups in total. The van der Waals surface area contributed by atoms with E-state index in [0.29, 0.717) is 23.0 Å². The molecular weight excluding hydrogens is 448 g/mol. The average Bonchev–Trinajstić information content (AvgIpc) is 2.79. The molecule has 2 aliphatic rings. The van der Waals surface area contributed by atoms with E-state index in [1.165, 1.54) is 22.3 Å². The SMILES string of the molecule is C=C(CCC1CN(C(=O)c2ccc(N)c(C)n2)C1)CC1N=C(Nc2cc(C)cc(C)c2)NC=C1CC. The lowest BCUT2D eigenvalue weighted by molar-refractivity contribution is 0.0479. The summed E-state index contributed by atoms with van der Waals surface area (Å²) in [7, 11) is 0. The van der Waals surface area contributed by atoms with Crippen molar-refractivity contribution in [2.75, 3.05) is 24.1 Å². The molecule has 0 spiro atoms. The number of anilines is 2. The number of carbonyl (C=O) groups excluding carboxylic acids is 1. The van der Waals surface area contributed by atoms with Crippen molar-refractivity contribution in [3.63, 3.8) is 0 Å². The van der Waals surface area contributed by atoms with Crippen LogP contribution < -0.4 is 16.4 Å². The fraction of sp³-hybridized carbons (Fsp3) is 0.414. The Morgan fingerprint density at radius 2 is 1.92 bits per heavy atom. The molecule has 36 heavy (non-hydrogen) atoms. The van der Waals surface area contributed by atoms with Gasteiger partial charge in [-0.1, -0.05) is 25.1 Å². The van der Waals surface area contributed by atoms with Crippen LogP contribution in [0.2, 0.25) is 0 Å². The van der Waals surface area contributed by atoms with Crippen LogP contribution in [0.25, 0.3) is 0 Å². The van der Waals surface area contributed by atoms with Crippen molar-refractivity contribution < 1.29 is 4.79 Å². The van der Waals surface area contributed by atoms with E-state index in [9.17, 15) is 4.79 Å². The zero-order valence-electron chi connectivity index (χ0n) is 21.9. The second-order valence-corrected chi connectivity index (χ2v) is 10.2. The minimum absolute atomic E-state index is 0.0150. The summed E-state index contributed by atoms with van der Waals surface area (Å²) in [5, 5.41) is 6.74. The number of rotatable bonds is 8. The normalized spacial score (nSPS) is 17.6. The van der Waals surface area contributed by atoms with Crippen molar-refractivity contribution in [1.82, 2.24) is 15.2 Å². The Kier molecular flexibility index (Phi) is 7.77. The maximum absolute atomic E-state index is 12.7.